The van der Waals surface area contributed by atoms with Crippen molar-refractivity contribution in [3.8, 4) is 5.69 Å². The highest BCUT2D eigenvalue weighted by Gasteiger charge is 2.40. The first kappa shape index (κ1) is 20.2. The number of fused-ring (bicyclic) bond motifs is 3. The lowest BCUT2D eigenvalue weighted by molar-refractivity contribution is -0.114. The Labute approximate surface area is 193 Å². The summed E-state index contributed by atoms with van der Waals surface area (Å²) in [6.45, 7) is 0. The van der Waals surface area contributed by atoms with Crippen molar-refractivity contribution in [2.24, 2.45) is 12.1 Å². The van der Waals surface area contributed by atoms with E-state index in [1.807, 2.05) is 36.5 Å². The summed E-state index contributed by atoms with van der Waals surface area (Å²) in [5.74, 6) is -1.63. The van der Waals surface area contributed by atoms with Gasteiger partial charge in [0.2, 0.25) is 0 Å². The van der Waals surface area contributed by atoms with E-state index in [4.69, 9.17) is 0 Å². The van der Waals surface area contributed by atoms with Gasteiger partial charge in [-0.2, -0.15) is 15.2 Å². The van der Waals surface area contributed by atoms with Crippen molar-refractivity contribution >= 4 is 17.4 Å². The molecule has 4 aromatic rings. The second-order valence-corrected chi connectivity index (χ2v) is 8.25. The van der Waals surface area contributed by atoms with E-state index in [1.165, 1.54) is 11.2 Å². The fourth-order valence-electron chi connectivity index (χ4n) is 4.54. The molecule has 1 aliphatic heterocycles. The number of allylic oxidation sites excluding steroid dienone is 1. The largest absolute Gasteiger partial charge is 0.319 e. The second kappa shape index (κ2) is 7.58. The quantitative estimate of drug-likeness (QED) is 0.468. The highest BCUT2D eigenvalue weighted by Crippen LogP contribution is 2.40. The van der Waals surface area contributed by atoms with Gasteiger partial charge in [-0.15, -0.1) is 0 Å². The van der Waals surface area contributed by atoms with E-state index in [-0.39, 0.29) is 22.4 Å². The number of carbonyl (C=O) groups is 1. The van der Waals surface area contributed by atoms with E-state index in [9.17, 15) is 4.79 Å². The van der Waals surface area contributed by atoms with Crippen LogP contribution in [0.3, 0.4) is 0 Å². The molecule has 0 N–H and O–H groups in total. The van der Waals surface area contributed by atoms with Gasteiger partial charge in [-0.1, -0.05) is 18.2 Å². The Bertz CT molecular complexity index is 1480. The number of anilines is 1. The highest BCUT2D eigenvalue weighted by molar-refractivity contribution is 6.36. The van der Waals surface area contributed by atoms with Gasteiger partial charge in [-0.25, -0.2) is 18.4 Å². The van der Waals surface area contributed by atoms with Gasteiger partial charge >= 0.3 is 0 Å². The Morgan fingerprint density at radius 1 is 1.06 bits per heavy atom. The molecule has 2 aromatic heterocycles. The van der Waals surface area contributed by atoms with Crippen molar-refractivity contribution in [1.82, 2.24) is 19.3 Å². The normalized spacial score (nSPS) is 16.9. The van der Waals surface area contributed by atoms with E-state index in [1.54, 1.807) is 34.9 Å². The van der Waals surface area contributed by atoms with E-state index in [0.29, 0.717) is 12.2 Å². The van der Waals surface area contributed by atoms with Crippen LogP contribution < -0.4 is 5.01 Å². The number of aromatic nitrogens is 4. The molecule has 3 heterocycles. The number of imidazole rings is 1. The molecule has 9 heteroatoms. The van der Waals surface area contributed by atoms with Gasteiger partial charge in [-0.3, -0.25) is 4.79 Å². The zero-order valence-corrected chi connectivity index (χ0v) is 18.1. The third-order valence-electron chi connectivity index (χ3n) is 6.16. The monoisotopic (exact) mass is 456 g/mol. The van der Waals surface area contributed by atoms with Gasteiger partial charge in [0.1, 0.15) is 17.3 Å². The van der Waals surface area contributed by atoms with Crippen LogP contribution in [0.25, 0.3) is 5.69 Å². The topological polar surface area (TPSA) is 68.3 Å². The number of hydrogen-bond acceptors (Lipinski definition) is 4. The molecular formula is C25H18F2N6O. The summed E-state index contributed by atoms with van der Waals surface area (Å²) in [5.41, 5.74) is 2.45. The number of hydrazone groups is 1. The van der Waals surface area contributed by atoms with Crippen molar-refractivity contribution in [2.45, 2.75) is 12.3 Å². The zero-order valence-electron chi connectivity index (χ0n) is 18.1. The number of amides is 1. The molecule has 0 radical (unpaired) electrons. The maximum absolute atomic E-state index is 15.1. The summed E-state index contributed by atoms with van der Waals surface area (Å²) in [4.78, 5) is 17.3. The van der Waals surface area contributed by atoms with Gasteiger partial charge in [0.15, 0.2) is 5.82 Å². The summed E-state index contributed by atoms with van der Waals surface area (Å²) in [6.07, 6.45) is 8.68. The number of rotatable bonds is 4. The van der Waals surface area contributed by atoms with Crippen LogP contribution in [0.4, 0.5) is 14.6 Å². The second-order valence-electron chi connectivity index (χ2n) is 8.25. The number of benzene rings is 2. The Morgan fingerprint density at radius 3 is 2.56 bits per heavy atom. The van der Waals surface area contributed by atoms with Crippen LogP contribution in [0.1, 0.15) is 22.6 Å². The molecule has 7 nitrogen and oxygen atoms in total. The number of halogens is 2. The minimum absolute atomic E-state index is 0.0358. The number of nitrogens with zero attached hydrogens (tertiary/aromatic N) is 6. The molecule has 168 valence electrons. The molecule has 2 aliphatic rings. The molecule has 0 fully saturated rings. The number of aryl methyl sites for hydroxylation is 1. The van der Waals surface area contributed by atoms with Crippen molar-refractivity contribution in [2.75, 3.05) is 5.01 Å². The average molecular weight is 456 g/mol. The Hall–Kier alpha value is -4.40. The minimum atomic E-state index is -0.612. The molecule has 1 aliphatic carbocycles. The van der Waals surface area contributed by atoms with Gasteiger partial charge in [0, 0.05) is 36.5 Å². The highest BCUT2D eigenvalue weighted by atomic mass is 19.1. The fourth-order valence-corrected chi connectivity index (χ4v) is 4.54. The van der Waals surface area contributed by atoms with Gasteiger partial charge < -0.3 is 4.57 Å². The summed E-state index contributed by atoms with van der Waals surface area (Å²) < 4.78 is 33.5. The number of hydrogen-bond donors (Lipinski definition) is 0. The van der Waals surface area contributed by atoms with Crippen molar-refractivity contribution < 1.29 is 13.6 Å². The van der Waals surface area contributed by atoms with E-state index in [0.717, 1.165) is 23.4 Å². The molecular weight excluding hydrogens is 438 g/mol. The molecule has 6 rings (SSSR count). The Morgan fingerprint density at radius 2 is 1.85 bits per heavy atom. The van der Waals surface area contributed by atoms with Crippen molar-refractivity contribution in [3.05, 3.63) is 107 Å². The summed E-state index contributed by atoms with van der Waals surface area (Å²) >= 11 is 0. The van der Waals surface area contributed by atoms with Crippen LogP contribution in [0.2, 0.25) is 0 Å². The summed E-state index contributed by atoms with van der Waals surface area (Å²) in [6, 6.07) is 11.7. The molecule has 2 aromatic carbocycles. The van der Waals surface area contributed by atoms with E-state index >= 15 is 8.78 Å². The first-order chi connectivity index (χ1) is 16.5. The van der Waals surface area contributed by atoms with Gasteiger partial charge in [0.25, 0.3) is 5.91 Å². The lowest BCUT2D eigenvalue weighted by atomic mass is 9.79. The number of carbonyl (C=O) groups excluding carboxylic acids is 1. The SMILES string of the molecule is Cn1cncc1N1N=C2C(=CC(Cc3ccc(-n4cccn4)cc3)c3c(F)ccc(F)c32)C1=O. The van der Waals surface area contributed by atoms with E-state index in [2.05, 4.69) is 15.2 Å². The van der Waals surface area contributed by atoms with Crippen LogP contribution in [-0.4, -0.2) is 31.0 Å². The lowest BCUT2D eigenvalue weighted by Crippen LogP contribution is -2.26. The van der Waals surface area contributed by atoms with Crippen LogP contribution in [-0.2, 0) is 18.3 Å². The van der Waals surface area contributed by atoms with Crippen molar-refractivity contribution in [1.29, 1.82) is 0 Å². The molecule has 0 saturated carbocycles. The third kappa shape index (κ3) is 3.08. The fraction of sp³-hybridized carbons (Fsp3) is 0.120. The Balaban J connectivity index is 1.42. The first-order valence-corrected chi connectivity index (χ1v) is 10.7. The third-order valence-corrected chi connectivity index (χ3v) is 6.16. The van der Waals surface area contributed by atoms with Crippen LogP contribution in [0.15, 0.2) is 84.1 Å². The van der Waals surface area contributed by atoms with E-state index < -0.39 is 23.5 Å². The lowest BCUT2D eigenvalue weighted by Gasteiger charge is -2.24. The van der Waals surface area contributed by atoms with Crippen LogP contribution >= 0.6 is 0 Å². The maximum Gasteiger partial charge on any atom is 0.282 e. The van der Waals surface area contributed by atoms with Crippen molar-refractivity contribution in [3.63, 3.8) is 0 Å². The van der Waals surface area contributed by atoms with Gasteiger partial charge in [-0.05, 0) is 42.3 Å². The smallest absolute Gasteiger partial charge is 0.282 e. The minimum Gasteiger partial charge on any atom is -0.319 e. The van der Waals surface area contributed by atoms with Gasteiger partial charge in [0.05, 0.1) is 23.8 Å². The summed E-state index contributed by atoms with van der Waals surface area (Å²) in [7, 11) is 1.73. The van der Waals surface area contributed by atoms with Crippen LogP contribution in [0.5, 0.6) is 0 Å². The molecule has 0 saturated heterocycles. The maximum atomic E-state index is 15.1. The molecule has 1 amide bonds. The Kier molecular flexibility index (Phi) is 4.51. The summed E-state index contributed by atoms with van der Waals surface area (Å²) in [5, 5.41) is 9.77. The molecule has 1 unspecified atom stereocenters. The predicted molar refractivity (Wildman–Crippen MR) is 122 cm³/mol. The molecule has 0 spiro atoms. The average Bonchev–Trinajstić information content (AvgIpc) is 3.58. The predicted octanol–water partition coefficient (Wildman–Crippen LogP) is 3.90. The van der Waals surface area contributed by atoms with Crippen LogP contribution in [0, 0.1) is 11.6 Å². The standard InChI is InChI=1S/C25H18F2N6O/c1-31-14-28-13-21(31)33-25(34)18-12-16(22-19(26)7-8-20(27)23(22)24(18)30-33)11-15-3-5-17(6-4-15)32-10-2-9-29-32/h2-10,12-14,16H,11H2,1H3. The zero-order chi connectivity index (χ0) is 23.4. The molecule has 34 heavy (non-hydrogen) atoms. The first-order valence-electron chi connectivity index (χ1n) is 10.7. The molecule has 1 atom stereocenters. The molecule has 0 bridgehead atoms.